The van der Waals surface area contributed by atoms with Gasteiger partial charge in [-0.05, 0) is 43.4 Å². The summed E-state index contributed by atoms with van der Waals surface area (Å²) < 4.78 is 6.30. The summed E-state index contributed by atoms with van der Waals surface area (Å²) in [7, 11) is 0. The van der Waals surface area contributed by atoms with Crippen LogP contribution in [-0.2, 0) is 4.74 Å². The van der Waals surface area contributed by atoms with Crippen LogP contribution in [0.25, 0.3) is 0 Å². The predicted octanol–water partition coefficient (Wildman–Crippen LogP) is 3.50. The van der Waals surface area contributed by atoms with Crippen LogP contribution < -0.4 is 0 Å². The van der Waals surface area contributed by atoms with Gasteiger partial charge in [-0.2, -0.15) is 0 Å². The van der Waals surface area contributed by atoms with Crippen LogP contribution >= 0.6 is 15.9 Å². The van der Waals surface area contributed by atoms with Crippen LogP contribution in [0, 0.1) is 17.3 Å². The Morgan fingerprint density at radius 3 is 2.39 bits per heavy atom. The Kier molecular flexibility index (Phi) is 2.49. The van der Waals surface area contributed by atoms with Crippen molar-refractivity contribution in [2.75, 3.05) is 0 Å². The highest BCUT2D eigenvalue weighted by molar-refractivity contribution is 9.09. The summed E-state index contributed by atoms with van der Waals surface area (Å²) in [4.78, 5) is 0.161. The number of hydrogen-bond acceptors (Lipinski definition) is 2. The zero-order valence-electron chi connectivity index (χ0n) is 12.1. The highest BCUT2D eigenvalue weighted by atomic mass is 79.9. The van der Waals surface area contributed by atoms with E-state index in [2.05, 4.69) is 43.6 Å². The minimum absolute atomic E-state index is 0.0612. The van der Waals surface area contributed by atoms with Crippen LogP contribution in [0.1, 0.15) is 53.9 Å². The fourth-order valence-corrected chi connectivity index (χ4v) is 5.76. The van der Waals surface area contributed by atoms with Gasteiger partial charge in [0.05, 0.1) is 0 Å². The van der Waals surface area contributed by atoms with Gasteiger partial charge in [0, 0.05) is 4.83 Å². The van der Waals surface area contributed by atoms with Crippen LogP contribution in [0.3, 0.4) is 0 Å². The molecule has 3 fully saturated rings. The number of halogens is 1. The van der Waals surface area contributed by atoms with E-state index in [1.54, 1.807) is 0 Å². The van der Waals surface area contributed by atoms with E-state index in [0.29, 0.717) is 11.8 Å². The molecule has 0 radical (unpaired) electrons. The fourth-order valence-electron chi connectivity index (χ4n) is 4.91. The van der Waals surface area contributed by atoms with Gasteiger partial charge in [0.25, 0.3) is 0 Å². The van der Waals surface area contributed by atoms with Crippen molar-refractivity contribution in [3.8, 4) is 0 Å². The standard InChI is InChI=1S/C15H25BrO2/c1-9(2)10-6-12(3,4)8-15-13(5,17)11(16)7-14(10,15)18-15/h9-11,17H,6-8H2,1-5H3/t10?,11?,13-,14-,15-/m1/s1. The Balaban J connectivity index is 2.06. The van der Waals surface area contributed by atoms with E-state index >= 15 is 0 Å². The lowest BCUT2D eigenvalue weighted by Gasteiger charge is -2.43. The molecular weight excluding hydrogens is 292 g/mol. The quantitative estimate of drug-likeness (QED) is 0.593. The summed E-state index contributed by atoms with van der Waals surface area (Å²) in [5.41, 5.74) is -0.840. The van der Waals surface area contributed by atoms with Crippen molar-refractivity contribution < 1.29 is 9.84 Å². The fraction of sp³-hybridized carbons (Fsp3) is 1.00. The first kappa shape index (κ1) is 13.4. The van der Waals surface area contributed by atoms with Gasteiger partial charge in [-0.25, -0.2) is 0 Å². The van der Waals surface area contributed by atoms with Gasteiger partial charge in [-0.3, -0.25) is 0 Å². The molecule has 3 rings (SSSR count). The molecule has 3 aliphatic rings. The smallest absolute Gasteiger partial charge is 0.128 e. The van der Waals surface area contributed by atoms with Crippen molar-refractivity contribution in [1.29, 1.82) is 0 Å². The summed E-state index contributed by atoms with van der Waals surface area (Å²) in [6, 6.07) is 0. The second-order valence-electron chi connectivity index (χ2n) is 8.03. The number of aliphatic hydroxyl groups is 1. The van der Waals surface area contributed by atoms with Crippen molar-refractivity contribution in [2.24, 2.45) is 17.3 Å². The summed E-state index contributed by atoms with van der Waals surface area (Å²) in [6.45, 7) is 11.2. The number of alkyl halides is 1. The monoisotopic (exact) mass is 316 g/mol. The van der Waals surface area contributed by atoms with Gasteiger partial charge in [0.15, 0.2) is 0 Å². The molecule has 0 aromatic carbocycles. The third kappa shape index (κ3) is 1.31. The number of epoxide rings is 1. The maximum Gasteiger partial charge on any atom is 0.128 e. The van der Waals surface area contributed by atoms with Crippen LogP contribution in [0.5, 0.6) is 0 Å². The zero-order chi connectivity index (χ0) is 13.6. The SMILES string of the molecule is CC(C)C1CC(C)(C)C[C@]23O[C@]12CC(Br)[C@@]3(C)O. The van der Waals surface area contributed by atoms with Crippen molar-refractivity contribution in [3.63, 3.8) is 0 Å². The average molecular weight is 317 g/mol. The Morgan fingerprint density at radius 1 is 1.22 bits per heavy atom. The van der Waals surface area contributed by atoms with Gasteiger partial charge in [0.1, 0.15) is 16.8 Å². The van der Waals surface area contributed by atoms with Gasteiger partial charge in [-0.15, -0.1) is 0 Å². The van der Waals surface area contributed by atoms with E-state index in [1.807, 2.05) is 6.92 Å². The Morgan fingerprint density at radius 2 is 1.83 bits per heavy atom. The molecule has 2 saturated carbocycles. The lowest BCUT2D eigenvalue weighted by atomic mass is 9.59. The first-order valence-electron chi connectivity index (χ1n) is 7.15. The van der Waals surface area contributed by atoms with Crippen LogP contribution in [0.15, 0.2) is 0 Å². The zero-order valence-corrected chi connectivity index (χ0v) is 13.7. The van der Waals surface area contributed by atoms with Crippen LogP contribution in [0.4, 0.5) is 0 Å². The average Bonchev–Trinajstić information content (AvgIpc) is 2.80. The van der Waals surface area contributed by atoms with Crippen molar-refractivity contribution in [1.82, 2.24) is 0 Å². The molecule has 3 heteroatoms. The van der Waals surface area contributed by atoms with E-state index < -0.39 is 5.60 Å². The maximum absolute atomic E-state index is 10.9. The molecule has 1 N–H and O–H groups in total. The molecular formula is C15H25BrO2. The molecule has 18 heavy (non-hydrogen) atoms. The first-order valence-corrected chi connectivity index (χ1v) is 8.06. The molecule has 2 aliphatic carbocycles. The second-order valence-corrected chi connectivity index (χ2v) is 9.14. The van der Waals surface area contributed by atoms with Crippen molar-refractivity contribution in [2.45, 2.75) is 75.5 Å². The van der Waals surface area contributed by atoms with E-state index in [1.165, 1.54) is 6.42 Å². The highest BCUT2D eigenvalue weighted by Crippen LogP contribution is 2.76. The topological polar surface area (TPSA) is 32.8 Å². The van der Waals surface area contributed by atoms with Crippen LogP contribution in [-0.4, -0.2) is 26.7 Å². The normalized spacial score (nSPS) is 57.3. The third-order valence-electron chi connectivity index (χ3n) is 5.81. The van der Waals surface area contributed by atoms with Gasteiger partial charge < -0.3 is 9.84 Å². The van der Waals surface area contributed by atoms with Gasteiger partial charge in [-0.1, -0.05) is 43.6 Å². The Labute approximate surface area is 119 Å². The van der Waals surface area contributed by atoms with Gasteiger partial charge in [0.2, 0.25) is 0 Å². The molecule has 1 aliphatic heterocycles. The van der Waals surface area contributed by atoms with Crippen LogP contribution in [0.2, 0.25) is 0 Å². The molecule has 2 nitrogen and oxygen atoms in total. The summed E-state index contributed by atoms with van der Waals surface area (Å²) in [6.07, 6.45) is 3.15. The largest absolute Gasteiger partial charge is 0.386 e. The Hall–Kier alpha value is 0.400. The molecule has 5 atom stereocenters. The summed E-state index contributed by atoms with van der Waals surface area (Å²) in [5.74, 6) is 1.18. The molecule has 0 bridgehead atoms. The molecule has 1 saturated heterocycles. The maximum atomic E-state index is 10.9. The molecule has 0 amide bonds. The minimum Gasteiger partial charge on any atom is -0.386 e. The summed E-state index contributed by atoms with van der Waals surface area (Å²) >= 11 is 3.69. The molecule has 104 valence electrons. The second kappa shape index (κ2) is 3.35. The van der Waals surface area contributed by atoms with Crippen molar-refractivity contribution in [3.05, 3.63) is 0 Å². The number of hydrogen-bond donors (Lipinski definition) is 1. The van der Waals surface area contributed by atoms with E-state index in [9.17, 15) is 5.11 Å². The third-order valence-corrected chi connectivity index (χ3v) is 7.03. The first-order chi connectivity index (χ1) is 8.08. The molecule has 1 heterocycles. The Bertz CT molecular complexity index is 390. The molecule has 0 aromatic rings. The van der Waals surface area contributed by atoms with Crippen molar-refractivity contribution >= 4 is 15.9 Å². The number of rotatable bonds is 1. The molecule has 2 unspecified atom stereocenters. The number of ether oxygens (including phenoxy) is 1. The van der Waals surface area contributed by atoms with E-state index in [0.717, 1.165) is 12.8 Å². The molecule has 0 spiro atoms. The summed E-state index contributed by atoms with van der Waals surface area (Å²) in [5, 5.41) is 10.9. The van der Waals surface area contributed by atoms with E-state index in [-0.39, 0.29) is 21.4 Å². The predicted molar refractivity (Wildman–Crippen MR) is 75.8 cm³/mol. The van der Waals surface area contributed by atoms with Gasteiger partial charge >= 0.3 is 0 Å². The molecule has 0 aromatic heterocycles. The van der Waals surface area contributed by atoms with E-state index in [4.69, 9.17) is 4.74 Å². The lowest BCUT2D eigenvalue weighted by Crippen LogP contribution is -2.52. The lowest BCUT2D eigenvalue weighted by molar-refractivity contribution is -0.0376. The minimum atomic E-state index is -0.738. The highest BCUT2D eigenvalue weighted by Gasteiger charge is 2.87.